The van der Waals surface area contributed by atoms with Gasteiger partial charge in [0.25, 0.3) is 5.91 Å². The summed E-state index contributed by atoms with van der Waals surface area (Å²) in [6.45, 7) is 7.46. The van der Waals surface area contributed by atoms with E-state index in [1.54, 1.807) is 23.0 Å². The number of ether oxygens (including phenoxy) is 1. The van der Waals surface area contributed by atoms with Crippen molar-refractivity contribution in [1.29, 1.82) is 0 Å². The number of nitrogens with one attached hydrogen (secondary N) is 1. The molecule has 3 rings (SSSR count). The molecule has 3 aromatic rings. The summed E-state index contributed by atoms with van der Waals surface area (Å²) in [4.78, 5) is 12.2. The molecule has 7 nitrogen and oxygen atoms in total. The molecule has 0 aliphatic carbocycles. The molecular weight excluding hydrogens is 378 g/mol. The molecule has 0 atom stereocenters. The highest BCUT2D eigenvalue weighted by atomic mass is 35.5. The van der Waals surface area contributed by atoms with Gasteiger partial charge >= 0.3 is 0 Å². The van der Waals surface area contributed by atoms with Gasteiger partial charge in [-0.25, -0.2) is 4.68 Å². The fourth-order valence-corrected chi connectivity index (χ4v) is 3.01. The van der Waals surface area contributed by atoms with Crippen molar-refractivity contribution in [2.75, 3.05) is 6.54 Å². The molecule has 0 aliphatic rings. The van der Waals surface area contributed by atoms with Crippen molar-refractivity contribution in [2.45, 2.75) is 40.5 Å². The molecule has 0 bridgehead atoms. The van der Waals surface area contributed by atoms with Crippen molar-refractivity contribution in [3.05, 3.63) is 64.2 Å². The maximum Gasteiger partial charge on any atom is 0.271 e. The Balaban J connectivity index is 1.45. The summed E-state index contributed by atoms with van der Waals surface area (Å²) >= 11 is 6.12. The summed E-state index contributed by atoms with van der Waals surface area (Å²) in [7, 11) is 0. The second kappa shape index (κ2) is 8.93. The van der Waals surface area contributed by atoms with Crippen molar-refractivity contribution in [3.8, 4) is 5.75 Å². The van der Waals surface area contributed by atoms with Gasteiger partial charge in [-0.05, 0) is 57.0 Å². The van der Waals surface area contributed by atoms with Crippen LogP contribution in [0.1, 0.15) is 33.9 Å². The lowest BCUT2D eigenvalue weighted by Crippen LogP contribution is -2.26. The molecule has 0 radical (unpaired) electrons. The number of nitrogens with zero attached hydrogens (tertiary/aromatic N) is 4. The predicted octanol–water partition coefficient (Wildman–Crippen LogP) is 3.51. The van der Waals surface area contributed by atoms with Crippen molar-refractivity contribution in [3.63, 3.8) is 0 Å². The standard InChI is InChI=1S/C20H24ClN5O2/c1-14-5-6-17(21)19(11-14)28-13-25-10-7-18(24-25)20(27)22-8-4-9-26-16(3)12-15(2)23-26/h5-7,10-12H,4,8-9,13H2,1-3H3,(H,22,27). The molecule has 0 aliphatic heterocycles. The quantitative estimate of drug-likeness (QED) is 0.586. The number of benzene rings is 1. The van der Waals surface area contributed by atoms with E-state index in [1.807, 2.05) is 43.7 Å². The fraction of sp³-hybridized carbons (Fsp3) is 0.350. The molecule has 8 heteroatoms. The zero-order valence-corrected chi connectivity index (χ0v) is 17.0. The number of halogens is 1. The Kier molecular flexibility index (Phi) is 6.36. The monoisotopic (exact) mass is 401 g/mol. The molecule has 1 aromatic carbocycles. The largest absolute Gasteiger partial charge is 0.470 e. The van der Waals surface area contributed by atoms with Crippen LogP contribution in [0.4, 0.5) is 0 Å². The third-order valence-electron chi connectivity index (χ3n) is 4.25. The maximum atomic E-state index is 12.2. The van der Waals surface area contributed by atoms with Crippen LogP contribution in [0, 0.1) is 20.8 Å². The number of carbonyl (C=O) groups is 1. The summed E-state index contributed by atoms with van der Waals surface area (Å²) in [6.07, 6.45) is 2.50. The SMILES string of the molecule is Cc1ccc(Cl)c(OCn2ccc(C(=O)NCCCn3nc(C)cc3C)n2)c1. The Morgan fingerprint density at radius 3 is 2.75 bits per heavy atom. The van der Waals surface area contributed by atoms with Crippen LogP contribution >= 0.6 is 11.6 Å². The third kappa shape index (κ3) is 5.13. The van der Waals surface area contributed by atoms with Gasteiger partial charge in [0.15, 0.2) is 6.73 Å². The number of amides is 1. The summed E-state index contributed by atoms with van der Waals surface area (Å²) < 4.78 is 9.19. The van der Waals surface area contributed by atoms with E-state index in [2.05, 4.69) is 15.5 Å². The Labute approximate surface area is 169 Å². The summed E-state index contributed by atoms with van der Waals surface area (Å²) in [5, 5.41) is 12.1. The van der Waals surface area contributed by atoms with Crippen LogP contribution in [0.3, 0.4) is 0 Å². The van der Waals surface area contributed by atoms with Crippen LogP contribution in [0.5, 0.6) is 5.75 Å². The Bertz CT molecular complexity index is 963. The number of carbonyl (C=O) groups excluding carboxylic acids is 1. The molecule has 2 heterocycles. The van der Waals surface area contributed by atoms with E-state index in [0.717, 1.165) is 29.9 Å². The Hall–Kier alpha value is -2.80. The van der Waals surface area contributed by atoms with Crippen LogP contribution < -0.4 is 10.1 Å². The Morgan fingerprint density at radius 1 is 1.18 bits per heavy atom. The van der Waals surface area contributed by atoms with Gasteiger partial charge in [0.05, 0.1) is 10.7 Å². The number of aromatic nitrogens is 4. The molecule has 0 saturated heterocycles. The molecule has 0 saturated carbocycles. The summed E-state index contributed by atoms with van der Waals surface area (Å²) in [5.74, 6) is 0.382. The summed E-state index contributed by atoms with van der Waals surface area (Å²) in [6, 6.07) is 9.28. The van der Waals surface area contributed by atoms with E-state index >= 15 is 0 Å². The van der Waals surface area contributed by atoms with Crippen LogP contribution in [0.2, 0.25) is 5.02 Å². The third-order valence-corrected chi connectivity index (χ3v) is 4.56. The topological polar surface area (TPSA) is 74.0 Å². The highest BCUT2D eigenvalue weighted by molar-refractivity contribution is 6.32. The molecule has 0 fully saturated rings. The average molecular weight is 402 g/mol. The second-order valence-electron chi connectivity index (χ2n) is 6.71. The van der Waals surface area contributed by atoms with Gasteiger partial charge in [-0.1, -0.05) is 17.7 Å². The first kappa shape index (κ1) is 19.9. The van der Waals surface area contributed by atoms with E-state index in [4.69, 9.17) is 16.3 Å². The molecule has 0 unspecified atom stereocenters. The van der Waals surface area contributed by atoms with E-state index in [1.165, 1.54) is 0 Å². The van der Waals surface area contributed by atoms with Crippen molar-refractivity contribution in [1.82, 2.24) is 24.9 Å². The summed E-state index contributed by atoms with van der Waals surface area (Å²) in [5.41, 5.74) is 3.53. The fourth-order valence-electron chi connectivity index (χ4n) is 2.83. The van der Waals surface area contributed by atoms with Gasteiger partial charge in [0, 0.05) is 25.0 Å². The molecule has 28 heavy (non-hydrogen) atoms. The zero-order valence-electron chi connectivity index (χ0n) is 16.3. The van der Waals surface area contributed by atoms with Crippen LogP contribution in [-0.2, 0) is 13.3 Å². The van der Waals surface area contributed by atoms with E-state index < -0.39 is 0 Å². The average Bonchev–Trinajstić information content (AvgIpc) is 3.25. The minimum Gasteiger partial charge on any atom is -0.470 e. The lowest BCUT2D eigenvalue weighted by atomic mass is 10.2. The van der Waals surface area contributed by atoms with Gasteiger partial charge in [0.2, 0.25) is 0 Å². The second-order valence-corrected chi connectivity index (χ2v) is 7.11. The molecule has 1 amide bonds. The van der Waals surface area contributed by atoms with E-state index in [0.29, 0.717) is 23.0 Å². The molecule has 0 spiro atoms. The lowest BCUT2D eigenvalue weighted by molar-refractivity contribution is 0.0945. The normalized spacial score (nSPS) is 10.9. The molecule has 1 N–H and O–H groups in total. The van der Waals surface area contributed by atoms with Gasteiger partial charge in [0.1, 0.15) is 11.4 Å². The van der Waals surface area contributed by atoms with E-state index in [9.17, 15) is 4.79 Å². The van der Waals surface area contributed by atoms with Crippen LogP contribution in [0.25, 0.3) is 0 Å². The Morgan fingerprint density at radius 2 is 2.00 bits per heavy atom. The lowest BCUT2D eigenvalue weighted by Gasteiger charge is -2.08. The molecule has 148 valence electrons. The van der Waals surface area contributed by atoms with Gasteiger partial charge in [-0.15, -0.1) is 0 Å². The smallest absolute Gasteiger partial charge is 0.271 e. The number of hydrogen-bond acceptors (Lipinski definition) is 4. The molecule has 2 aromatic heterocycles. The minimum atomic E-state index is -0.208. The highest BCUT2D eigenvalue weighted by Crippen LogP contribution is 2.25. The van der Waals surface area contributed by atoms with E-state index in [-0.39, 0.29) is 12.6 Å². The predicted molar refractivity (Wildman–Crippen MR) is 108 cm³/mol. The first-order valence-electron chi connectivity index (χ1n) is 9.14. The van der Waals surface area contributed by atoms with Crippen LogP contribution in [-0.4, -0.2) is 32.0 Å². The van der Waals surface area contributed by atoms with Crippen molar-refractivity contribution in [2.24, 2.45) is 0 Å². The highest BCUT2D eigenvalue weighted by Gasteiger charge is 2.10. The van der Waals surface area contributed by atoms with Gasteiger partial charge < -0.3 is 10.1 Å². The first-order chi connectivity index (χ1) is 13.4. The molecular formula is C20H24ClN5O2. The van der Waals surface area contributed by atoms with Gasteiger partial charge in [-0.2, -0.15) is 10.2 Å². The van der Waals surface area contributed by atoms with Crippen LogP contribution in [0.15, 0.2) is 36.5 Å². The van der Waals surface area contributed by atoms with Gasteiger partial charge in [-0.3, -0.25) is 9.48 Å². The zero-order chi connectivity index (χ0) is 20.1. The van der Waals surface area contributed by atoms with Crippen molar-refractivity contribution >= 4 is 17.5 Å². The first-order valence-corrected chi connectivity index (χ1v) is 9.52. The maximum absolute atomic E-state index is 12.2. The minimum absolute atomic E-state index is 0.175. The number of hydrogen-bond donors (Lipinski definition) is 1. The number of rotatable bonds is 8. The number of aryl methyl sites for hydroxylation is 4. The van der Waals surface area contributed by atoms with Crippen molar-refractivity contribution < 1.29 is 9.53 Å².